The second kappa shape index (κ2) is 7.30. The molecular formula is C17H22ClNO5. The molecule has 0 radical (unpaired) electrons. The lowest BCUT2D eigenvalue weighted by molar-refractivity contribution is 0.0284. The van der Waals surface area contributed by atoms with Gasteiger partial charge in [0.15, 0.2) is 0 Å². The van der Waals surface area contributed by atoms with Gasteiger partial charge in [-0.2, -0.15) is 0 Å². The summed E-state index contributed by atoms with van der Waals surface area (Å²) < 4.78 is 11.0. The van der Waals surface area contributed by atoms with Crippen LogP contribution >= 0.6 is 11.6 Å². The summed E-state index contributed by atoms with van der Waals surface area (Å²) in [5, 5.41) is 9.09. The van der Waals surface area contributed by atoms with Gasteiger partial charge in [0.2, 0.25) is 0 Å². The molecule has 1 N–H and O–H groups in total. The Balaban J connectivity index is 1.85. The van der Waals surface area contributed by atoms with Crippen molar-refractivity contribution in [3.63, 3.8) is 0 Å². The predicted molar refractivity (Wildman–Crippen MR) is 89.8 cm³/mol. The first-order chi connectivity index (χ1) is 11.2. The lowest BCUT2D eigenvalue weighted by atomic mass is 10.1. The molecule has 0 bridgehead atoms. The Morgan fingerprint density at radius 2 is 2.08 bits per heavy atom. The molecule has 1 aromatic carbocycles. The van der Waals surface area contributed by atoms with E-state index in [9.17, 15) is 9.59 Å². The summed E-state index contributed by atoms with van der Waals surface area (Å²) in [6, 6.07) is 4.49. The van der Waals surface area contributed by atoms with Crippen LogP contribution in [0.25, 0.3) is 0 Å². The van der Waals surface area contributed by atoms with E-state index in [-0.39, 0.29) is 22.6 Å². The first-order valence-electron chi connectivity index (χ1n) is 7.79. The van der Waals surface area contributed by atoms with Crippen LogP contribution in [0.1, 0.15) is 37.6 Å². The maximum atomic E-state index is 12.0. The van der Waals surface area contributed by atoms with Crippen LogP contribution in [0.5, 0.6) is 5.75 Å². The topological polar surface area (TPSA) is 76.1 Å². The van der Waals surface area contributed by atoms with Gasteiger partial charge in [-0.3, -0.25) is 0 Å². The zero-order chi connectivity index (χ0) is 17.9. The van der Waals surface area contributed by atoms with E-state index in [0.717, 1.165) is 6.42 Å². The van der Waals surface area contributed by atoms with Gasteiger partial charge in [-0.1, -0.05) is 11.6 Å². The fraction of sp³-hybridized carbons (Fsp3) is 0.529. The molecule has 132 valence electrons. The Bertz CT molecular complexity index is 626. The lowest BCUT2D eigenvalue weighted by Gasteiger charge is -2.24. The highest BCUT2D eigenvalue weighted by Crippen LogP contribution is 2.25. The van der Waals surface area contributed by atoms with Crippen LogP contribution in [-0.4, -0.2) is 47.4 Å². The number of rotatable bonds is 4. The average molecular weight is 356 g/mol. The monoisotopic (exact) mass is 355 g/mol. The number of carbonyl (C=O) groups is 2. The molecule has 0 aliphatic carbocycles. The molecule has 1 fully saturated rings. The Morgan fingerprint density at radius 1 is 1.38 bits per heavy atom. The van der Waals surface area contributed by atoms with Crippen molar-refractivity contribution in [3.8, 4) is 5.75 Å². The van der Waals surface area contributed by atoms with Crippen molar-refractivity contribution in [2.24, 2.45) is 5.92 Å². The largest absolute Gasteiger partial charge is 0.493 e. The molecule has 1 atom stereocenters. The van der Waals surface area contributed by atoms with Gasteiger partial charge in [0, 0.05) is 19.0 Å². The quantitative estimate of drug-likeness (QED) is 0.891. The van der Waals surface area contributed by atoms with Crippen molar-refractivity contribution < 1.29 is 24.2 Å². The average Bonchev–Trinajstić information content (AvgIpc) is 2.92. The van der Waals surface area contributed by atoms with Gasteiger partial charge in [-0.15, -0.1) is 0 Å². The molecule has 0 aromatic heterocycles. The standard InChI is InChI=1S/C17H22ClNO5/c1-17(2,3)24-16(22)19-7-6-11(9-19)10-23-12-4-5-13(15(20)21)14(18)8-12/h4-5,8,11H,6-7,9-10H2,1-3H3,(H,20,21). The van der Waals surface area contributed by atoms with Crippen molar-refractivity contribution in [3.05, 3.63) is 28.8 Å². The molecule has 1 aliphatic heterocycles. The van der Waals surface area contributed by atoms with Crippen LogP contribution in [-0.2, 0) is 4.74 Å². The molecule has 7 heteroatoms. The predicted octanol–water partition coefficient (Wildman–Crippen LogP) is 3.67. The van der Waals surface area contributed by atoms with Gasteiger partial charge < -0.3 is 19.5 Å². The molecule has 2 rings (SSSR count). The number of carboxylic acid groups (broad SMARTS) is 1. The molecule has 1 saturated heterocycles. The van der Waals surface area contributed by atoms with Crippen LogP contribution in [0.3, 0.4) is 0 Å². The smallest absolute Gasteiger partial charge is 0.410 e. The van der Waals surface area contributed by atoms with Crippen LogP contribution in [0.2, 0.25) is 5.02 Å². The van der Waals surface area contributed by atoms with E-state index in [1.807, 2.05) is 20.8 Å². The summed E-state index contributed by atoms with van der Waals surface area (Å²) >= 11 is 5.92. The Morgan fingerprint density at radius 3 is 2.67 bits per heavy atom. The number of hydrogen-bond donors (Lipinski definition) is 1. The summed E-state index contributed by atoms with van der Waals surface area (Å²) in [5.41, 5.74) is -0.463. The van der Waals surface area contributed by atoms with E-state index in [1.54, 1.807) is 11.0 Å². The van der Waals surface area contributed by atoms with Crippen LogP contribution in [0, 0.1) is 5.92 Å². The van der Waals surface area contributed by atoms with Crippen molar-refractivity contribution in [2.75, 3.05) is 19.7 Å². The number of aromatic carboxylic acids is 1. The molecule has 0 spiro atoms. The third kappa shape index (κ3) is 5.03. The minimum atomic E-state index is -1.07. The van der Waals surface area contributed by atoms with E-state index in [2.05, 4.69) is 0 Å². The number of ether oxygens (including phenoxy) is 2. The molecule has 1 aromatic rings. The van der Waals surface area contributed by atoms with Crippen LogP contribution in [0.15, 0.2) is 18.2 Å². The number of likely N-dealkylation sites (tertiary alicyclic amines) is 1. The van der Waals surface area contributed by atoms with E-state index in [1.165, 1.54) is 12.1 Å². The van der Waals surface area contributed by atoms with Crippen LogP contribution < -0.4 is 4.74 Å². The number of nitrogens with zero attached hydrogens (tertiary/aromatic N) is 1. The molecule has 1 heterocycles. The first kappa shape index (κ1) is 18.4. The van der Waals surface area contributed by atoms with Gasteiger partial charge >= 0.3 is 12.1 Å². The molecule has 1 unspecified atom stereocenters. The number of carbonyl (C=O) groups excluding carboxylic acids is 1. The van der Waals surface area contributed by atoms with Gasteiger partial charge in [0.05, 0.1) is 17.2 Å². The van der Waals surface area contributed by atoms with Gasteiger partial charge in [-0.05, 0) is 45.4 Å². The zero-order valence-electron chi connectivity index (χ0n) is 14.0. The highest BCUT2D eigenvalue weighted by Gasteiger charge is 2.30. The minimum absolute atomic E-state index is 0.0426. The number of carboxylic acids is 1. The maximum absolute atomic E-state index is 12.0. The Hall–Kier alpha value is -1.95. The number of halogens is 1. The fourth-order valence-electron chi connectivity index (χ4n) is 2.43. The van der Waals surface area contributed by atoms with E-state index in [0.29, 0.717) is 25.4 Å². The van der Waals surface area contributed by atoms with Gasteiger partial charge in [0.25, 0.3) is 0 Å². The molecule has 0 saturated carbocycles. The fourth-order valence-corrected chi connectivity index (χ4v) is 2.69. The number of benzene rings is 1. The second-order valence-corrected chi connectivity index (χ2v) is 7.25. The third-order valence-corrected chi connectivity index (χ3v) is 3.91. The van der Waals surface area contributed by atoms with Gasteiger partial charge in [-0.25, -0.2) is 9.59 Å². The molecule has 6 nitrogen and oxygen atoms in total. The highest BCUT2D eigenvalue weighted by molar-refractivity contribution is 6.33. The molecule has 24 heavy (non-hydrogen) atoms. The van der Waals surface area contributed by atoms with Gasteiger partial charge in [0.1, 0.15) is 11.4 Å². The first-order valence-corrected chi connectivity index (χ1v) is 8.17. The summed E-state index contributed by atoms with van der Waals surface area (Å²) in [6.45, 7) is 7.17. The van der Waals surface area contributed by atoms with Crippen molar-refractivity contribution in [2.45, 2.75) is 32.8 Å². The SMILES string of the molecule is CC(C)(C)OC(=O)N1CCC(COc2ccc(C(=O)O)c(Cl)c2)C1. The lowest BCUT2D eigenvalue weighted by Crippen LogP contribution is -2.35. The summed E-state index contributed by atoms with van der Waals surface area (Å²) in [6.07, 6.45) is 0.527. The highest BCUT2D eigenvalue weighted by atomic mass is 35.5. The molecule has 1 aliphatic rings. The summed E-state index contributed by atoms with van der Waals surface area (Å²) in [7, 11) is 0. The van der Waals surface area contributed by atoms with Crippen LogP contribution in [0.4, 0.5) is 4.79 Å². The Labute approximate surface area is 146 Å². The summed E-state index contributed by atoms with van der Waals surface area (Å²) in [5.74, 6) is -0.355. The van der Waals surface area contributed by atoms with Crippen molar-refractivity contribution >= 4 is 23.7 Å². The van der Waals surface area contributed by atoms with Crippen molar-refractivity contribution in [1.29, 1.82) is 0 Å². The van der Waals surface area contributed by atoms with E-state index >= 15 is 0 Å². The third-order valence-electron chi connectivity index (χ3n) is 3.59. The summed E-state index contributed by atoms with van der Waals surface area (Å²) in [4.78, 5) is 24.6. The Kier molecular flexibility index (Phi) is 5.59. The zero-order valence-corrected chi connectivity index (χ0v) is 14.8. The molecular weight excluding hydrogens is 334 g/mol. The normalized spacial score (nSPS) is 17.7. The van der Waals surface area contributed by atoms with E-state index in [4.69, 9.17) is 26.2 Å². The van der Waals surface area contributed by atoms with E-state index < -0.39 is 11.6 Å². The van der Waals surface area contributed by atoms with Crippen molar-refractivity contribution in [1.82, 2.24) is 4.90 Å². The maximum Gasteiger partial charge on any atom is 0.410 e. The second-order valence-electron chi connectivity index (χ2n) is 6.84. The minimum Gasteiger partial charge on any atom is -0.493 e. The number of hydrogen-bond acceptors (Lipinski definition) is 4. The number of amides is 1. The molecule has 1 amide bonds.